The first-order valence-corrected chi connectivity index (χ1v) is 9.43. The Morgan fingerprint density at radius 2 is 1.81 bits per heavy atom. The molecule has 0 unspecified atom stereocenters. The molecule has 6 nitrogen and oxygen atoms in total. The average molecular weight is 367 g/mol. The maximum Gasteiger partial charge on any atom is 0.298 e. The molecule has 0 radical (unpaired) electrons. The highest BCUT2D eigenvalue weighted by molar-refractivity contribution is 5.74. The Labute approximate surface area is 159 Å². The average Bonchev–Trinajstić information content (AvgIpc) is 3.16. The number of nitrogens with one attached hydrogen (secondary N) is 1. The zero-order valence-corrected chi connectivity index (χ0v) is 15.6. The Morgan fingerprint density at radius 1 is 1.07 bits per heavy atom. The van der Waals surface area contributed by atoms with Crippen molar-refractivity contribution in [3.63, 3.8) is 0 Å². The number of nitrogens with zero attached hydrogens (tertiary/aromatic N) is 2. The van der Waals surface area contributed by atoms with Crippen LogP contribution in [0.3, 0.4) is 0 Å². The molecule has 1 fully saturated rings. The van der Waals surface area contributed by atoms with Crippen LogP contribution in [0.2, 0.25) is 0 Å². The molecule has 4 rings (SSSR count). The van der Waals surface area contributed by atoms with Crippen LogP contribution in [0.15, 0.2) is 52.9 Å². The number of hydrogen-bond donors (Lipinski definition) is 1. The second-order valence-corrected chi connectivity index (χ2v) is 6.68. The summed E-state index contributed by atoms with van der Waals surface area (Å²) in [6.07, 6.45) is 2.13. The molecule has 0 atom stereocenters. The summed E-state index contributed by atoms with van der Waals surface area (Å²) >= 11 is 0. The van der Waals surface area contributed by atoms with Gasteiger partial charge >= 0.3 is 0 Å². The number of rotatable bonds is 7. The first kappa shape index (κ1) is 17.7. The third-order valence-corrected chi connectivity index (χ3v) is 4.91. The van der Waals surface area contributed by atoms with Gasteiger partial charge in [-0.1, -0.05) is 24.3 Å². The van der Waals surface area contributed by atoms with Gasteiger partial charge in [0.25, 0.3) is 6.01 Å². The lowest BCUT2D eigenvalue weighted by Crippen LogP contribution is -2.43. The van der Waals surface area contributed by atoms with Crippen molar-refractivity contribution in [2.75, 3.05) is 38.3 Å². The third-order valence-electron chi connectivity index (χ3n) is 4.91. The Kier molecular flexibility index (Phi) is 5.44. The van der Waals surface area contributed by atoms with Crippen molar-refractivity contribution < 1.29 is 13.9 Å². The Hall–Kier alpha value is -2.73. The number of hydrogen-bond acceptors (Lipinski definition) is 6. The van der Waals surface area contributed by atoms with E-state index in [0.717, 1.165) is 61.1 Å². The van der Waals surface area contributed by atoms with Crippen LogP contribution < -0.4 is 19.7 Å². The van der Waals surface area contributed by atoms with E-state index in [1.165, 1.54) is 0 Å². The largest absolute Gasteiger partial charge is 0.493 e. The first-order valence-electron chi connectivity index (χ1n) is 9.43. The van der Waals surface area contributed by atoms with Crippen LogP contribution in [-0.4, -0.2) is 44.4 Å². The first-order chi connectivity index (χ1) is 13.3. The van der Waals surface area contributed by atoms with Crippen molar-refractivity contribution in [2.45, 2.75) is 18.9 Å². The summed E-state index contributed by atoms with van der Waals surface area (Å²) in [5.41, 5.74) is 1.77. The number of para-hydroxylation sites is 4. The van der Waals surface area contributed by atoms with Gasteiger partial charge in [-0.05, 0) is 37.1 Å². The highest BCUT2D eigenvalue weighted by atomic mass is 16.5. The fourth-order valence-corrected chi connectivity index (χ4v) is 3.43. The van der Waals surface area contributed by atoms with Crippen molar-refractivity contribution >= 4 is 17.1 Å². The molecule has 142 valence electrons. The fraction of sp³-hybridized carbons (Fsp3) is 0.381. The van der Waals surface area contributed by atoms with Gasteiger partial charge in [-0.25, -0.2) is 0 Å². The lowest BCUT2D eigenvalue weighted by molar-refractivity contribution is 0.279. The second-order valence-electron chi connectivity index (χ2n) is 6.68. The molecule has 1 aromatic heterocycles. The SMILES string of the molecule is COc1ccccc1OCCNC1CCN(c2nc3ccccc3o2)CC1. The zero-order valence-electron chi connectivity index (χ0n) is 15.6. The van der Waals surface area contributed by atoms with Gasteiger partial charge in [0.15, 0.2) is 17.1 Å². The standard InChI is InChI=1S/C21H25N3O3/c1-25-19-8-4-5-9-20(19)26-15-12-22-16-10-13-24(14-11-16)21-23-17-6-2-3-7-18(17)27-21/h2-9,16,22H,10-15H2,1H3. The summed E-state index contributed by atoms with van der Waals surface area (Å²) in [6.45, 7) is 3.31. The Balaban J connectivity index is 1.21. The normalized spacial score (nSPS) is 15.2. The minimum Gasteiger partial charge on any atom is -0.493 e. The molecule has 0 spiro atoms. The van der Waals surface area contributed by atoms with Gasteiger partial charge < -0.3 is 24.1 Å². The number of piperidine rings is 1. The molecular weight excluding hydrogens is 342 g/mol. The van der Waals surface area contributed by atoms with Gasteiger partial charge in [0.05, 0.1) is 7.11 Å². The van der Waals surface area contributed by atoms with Crippen molar-refractivity contribution in [1.29, 1.82) is 0 Å². The predicted molar refractivity (Wildman–Crippen MR) is 106 cm³/mol. The number of methoxy groups -OCH3 is 1. The van der Waals surface area contributed by atoms with E-state index in [-0.39, 0.29) is 0 Å². The number of benzene rings is 2. The monoisotopic (exact) mass is 367 g/mol. The topological polar surface area (TPSA) is 59.8 Å². The predicted octanol–water partition coefficient (Wildman–Crippen LogP) is 3.47. The molecule has 3 aromatic rings. The van der Waals surface area contributed by atoms with E-state index in [4.69, 9.17) is 13.9 Å². The minimum absolute atomic E-state index is 0.492. The highest BCUT2D eigenvalue weighted by Crippen LogP contribution is 2.26. The summed E-state index contributed by atoms with van der Waals surface area (Å²) in [5.74, 6) is 1.55. The molecule has 1 aliphatic rings. The molecule has 1 aliphatic heterocycles. The summed E-state index contributed by atoms with van der Waals surface area (Å²) < 4.78 is 17.0. The van der Waals surface area contributed by atoms with Crippen LogP contribution >= 0.6 is 0 Å². The summed E-state index contributed by atoms with van der Waals surface area (Å²) in [6, 6.07) is 16.9. The van der Waals surface area contributed by atoms with Crippen LogP contribution in [-0.2, 0) is 0 Å². The van der Waals surface area contributed by atoms with Crippen LogP contribution in [0.25, 0.3) is 11.1 Å². The van der Waals surface area contributed by atoms with E-state index in [0.29, 0.717) is 12.6 Å². The lowest BCUT2D eigenvalue weighted by Gasteiger charge is -2.31. The highest BCUT2D eigenvalue weighted by Gasteiger charge is 2.22. The molecule has 0 bridgehead atoms. The van der Waals surface area contributed by atoms with Crippen molar-refractivity contribution in [3.8, 4) is 11.5 Å². The van der Waals surface area contributed by atoms with E-state index in [2.05, 4.69) is 15.2 Å². The molecular formula is C21H25N3O3. The summed E-state index contributed by atoms with van der Waals surface area (Å²) in [7, 11) is 1.66. The zero-order chi connectivity index (χ0) is 18.5. The fourth-order valence-electron chi connectivity index (χ4n) is 3.43. The van der Waals surface area contributed by atoms with Gasteiger partial charge in [-0.2, -0.15) is 4.98 Å². The Morgan fingerprint density at radius 3 is 2.59 bits per heavy atom. The molecule has 6 heteroatoms. The van der Waals surface area contributed by atoms with Crippen molar-refractivity contribution in [1.82, 2.24) is 10.3 Å². The third kappa shape index (κ3) is 4.17. The van der Waals surface area contributed by atoms with Gasteiger partial charge in [0.2, 0.25) is 0 Å². The lowest BCUT2D eigenvalue weighted by atomic mass is 10.1. The van der Waals surface area contributed by atoms with Crippen LogP contribution in [0, 0.1) is 0 Å². The van der Waals surface area contributed by atoms with Gasteiger partial charge in [-0.3, -0.25) is 0 Å². The van der Waals surface area contributed by atoms with E-state index in [1.54, 1.807) is 7.11 Å². The maximum absolute atomic E-state index is 5.87. The van der Waals surface area contributed by atoms with Gasteiger partial charge in [0.1, 0.15) is 12.1 Å². The smallest absolute Gasteiger partial charge is 0.298 e. The molecule has 1 saturated heterocycles. The molecule has 2 heterocycles. The van der Waals surface area contributed by atoms with Crippen LogP contribution in [0.5, 0.6) is 11.5 Å². The molecule has 0 amide bonds. The van der Waals surface area contributed by atoms with E-state index in [9.17, 15) is 0 Å². The number of oxazole rings is 1. The minimum atomic E-state index is 0.492. The molecule has 0 aliphatic carbocycles. The number of anilines is 1. The number of ether oxygens (including phenoxy) is 2. The number of aromatic nitrogens is 1. The quantitative estimate of drug-likeness (QED) is 0.645. The van der Waals surface area contributed by atoms with Gasteiger partial charge in [-0.15, -0.1) is 0 Å². The van der Waals surface area contributed by atoms with Crippen molar-refractivity contribution in [3.05, 3.63) is 48.5 Å². The summed E-state index contributed by atoms with van der Waals surface area (Å²) in [4.78, 5) is 6.82. The molecule has 0 saturated carbocycles. The van der Waals surface area contributed by atoms with E-state index < -0.39 is 0 Å². The van der Waals surface area contributed by atoms with E-state index in [1.807, 2.05) is 48.5 Å². The Bertz CT molecular complexity index is 839. The second kappa shape index (κ2) is 8.31. The van der Waals surface area contributed by atoms with Crippen LogP contribution in [0.4, 0.5) is 6.01 Å². The summed E-state index contributed by atoms with van der Waals surface area (Å²) in [5, 5.41) is 3.58. The molecule has 2 aromatic carbocycles. The van der Waals surface area contributed by atoms with Crippen LogP contribution in [0.1, 0.15) is 12.8 Å². The van der Waals surface area contributed by atoms with Gasteiger partial charge in [0, 0.05) is 25.7 Å². The molecule has 27 heavy (non-hydrogen) atoms. The van der Waals surface area contributed by atoms with Crippen molar-refractivity contribution in [2.24, 2.45) is 0 Å². The number of fused-ring (bicyclic) bond motifs is 1. The maximum atomic E-state index is 5.87. The molecule has 1 N–H and O–H groups in total. The van der Waals surface area contributed by atoms with E-state index >= 15 is 0 Å².